The molecule has 1 aliphatic carbocycles. The highest BCUT2D eigenvalue weighted by atomic mass is 79.9. The highest BCUT2D eigenvalue weighted by molar-refractivity contribution is 9.10. The van der Waals surface area contributed by atoms with Crippen molar-refractivity contribution in [2.45, 2.75) is 45.6 Å². The van der Waals surface area contributed by atoms with Crippen molar-refractivity contribution < 1.29 is 0 Å². The van der Waals surface area contributed by atoms with Crippen molar-refractivity contribution in [2.75, 3.05) is 6.54 Å². The Kier molecular flexibility index (Phi) is 5.73. The van der Waals surface area contributed by atoms with Crippen LogP contribution in [0.25, 0.3) is 0 Å². The second kappa shape index (κ2) is 7.10. The molecule has 0 saturated heterocycles. The van der Waals surface area contributed by atoms with Crippen molar-refractivity contribution in [3.8, 4) is 0 Å². The molecule has 106 valence electrons. The Labute approximate surface area is 130 Å². The fraction of sp³-hybridized carbons (Fsp3) is 0.625. The molecule has 19 heavy (non-hydrogen) atoms. The van der Waals surface area contributed by atoms with Gasteiger partial charge in [-0.05, 0) is 48.9 Å². The lowest BCUT2D eigenvalue weighted by atomic mass is 9.76. The lowest BCUT2D eigenvalue weighted by molar-refractivity contribution is 0.225. The van der Waals surface area contributed by atoms with E-state index in [1.54, 1.807) is 0 Å². The molecule has 1 fully saturated rings. The zero-order chi connectivity index (χ0) is 13.8. The summed E-state index contributed by atoms with van der Waals surface area (Å²) in [7, 11) is 0. The molecule has 0 aromatic heterocycles. The van der Waals surface area contributed by atoms with Gasteiger partial charge in [0.05, 0.1) is 0 Å². The average molecular weight is 345 g/mol. The quantitative estimate of drug-likeness (QED) is 0.752. The highest BCUT2D eigenvalue weighted by Crippen LogP contribution is 2.39. The van der Waals surface area contributed by atoms with Gasteiger partial charge in [-0.15, -0.1) is 0 Å². The van der Waals surface area contributed by atoms with Crippen LogP contribution in [0.3, 0.4) is 0 Å². The second-order valence-electron chi connectivity index (χ2n) is 5.73. The molecule has 1 aromatic carbocycles. The molecular formula is C16H23BrClN. The summed E-state index contributed by atoms with van der Waals surface area (Å²) in [5.41, 5.74) is 1.35. The van der Waals surface area contributed by atoms with Gasteiger partial charge in [-0.25, -0.2) is 0 Å². The molecule has 0 bridgehead atoms. The molecule has 0 spiro atoms. The van der Waals surface area contributed by atoms with Crippen LogP contribution in [0.2, 0.25) is 5.02 Å². The van der Waals surface area contributed by atoms with E-state index in [0.717, 1.165) is 27.9 Å². The summed E-state index contributed by atoms with van der Waals surface area (Å²) in [5.74, 6) is 1.59. The number of benzene rings is 1. The van der Waals surface area contributed by atoms with Crippen LogP contribution in [-0.2, 0) is 0 Å². The van der Waals surface area contributed by atoms with E-state index >= 15 is 0 Å². The van der Waals surface area contributed by atoms with Crippen LogP contribution in [0.5, 0.6) is 0 Å². The molecule has 1 nitrogen and oxygen atoms in total. The van der Waals surface area contributed by atoms with Gasteiger partial charge in [0.25, 0.3) is 0 Å². The summed E-state index contributed by atoms with van der Waals surface area (Å²) in [6.07, 6.45) is 5.40. The molecule has 1 aliphatic rings. The van der Waals surface area contributed by atoms with Gasteiger partial charge in [0, 0.05) is 15.5 Å². The predicted molar refractivity (Wildman–Crippen MR) is 86.7 cm³/mol. The molecule has 1 N–H and O–H groups in total. The highest BCUT2D eigenvalue weighted by Gasteiger charge is 2.28. The Morgan fingerprint density at radius 2 is 2.21 bits per heavy atom. The van der Waals surface area contributed by atoms with Crippen molar-refractivity contribution in [3.05, 3.63) is 33.3 Å². The minimum Gasteiger partial charge on any atom is -0.310 e. The van der Waals surface area contributed by atoms with Gasteiger partial charge in [0.1, 0.15) is 0 Å². The predicted octanol–water partition coefficient (Wildman–Crippen LogP) is 5.58. The van der Waals surface area contributed by atoms with Crippen molar-refractivity contribution in [1.29, 1.82) is 0 Å². The first kappa shape index (κ1) is 15.3. The summed E-state index contributed by atoms with van der Waals surface area (Å²) in [6, 6.07) is 6.62. The van der Waals surface area contributed by atoms with Gasteiger partial charge in [-0.2, -0.15) is 0 Å². The summed E-state index contributed by atoms with van der Waals surface area (Å²) in [4.78, 5) is 0. The largest absolute Gasteiger partial charge is 0.310 e. The van der Waals surface area contributed by atoms with Crippen LogP contribution in [-0.4, -0.2) is 6.54 Å². The Bertz CT molecular complexity index is 421. The van der Waals surface area contributed by atoms with Gasteiger partial charge in [-0.1, -0.05) is 60.3 Å². The summed E-state index contributed by atoms with van der Waals surface area (Å²) >= 11 is 9.73. The van der Waals surface area contributed by atoms with E-state index in [1.165, 1.54) is 31.2 Å². The third-order valence-electron chi connectivity index (χ3n) is 4.17. The molecule has 3 atom stereocenters. The zero-order valence-corrected chi connectivity index (χ0v) is 14.1. The lowest BCUT2D eigenvalue weighted by Gasteiger charge is -2.34. The van der Waals surface area contributed by atoms with Crippen LogP contribution in [0.4, 0.5) is 0 Å². The summed E-state index contributed by atoms with van der Waals surface area (Å²) in [6.45, 7) is 5.57. The normalized spacial score (nSPS) is 25.3. The van der Waals surface area contributed by atoms with E-state index in [9.17, 15) is 0 Å². The minimum atomic E-state index is 0.444. The fourth-order valence-corrected chi connectivity index (χ4v) is 4.22. The number of hydrogen-bond donors (Lipinski definition) is 1. The van der Waals surface area contributed by atoms with Crippen LogP contribution in [0.1, 0.15) is 51.1 Å². The van der Waals surface area contributed by atoms with E-state index in [1.807, 2.05) is 12.1 Å². The number of rotatable bonds is 4. The summed E-state index contributed by atoms with van der Waals surface area (Å²) in [5, 5.41) is 4.47. The Balaban J connectivity index is 2.23. The molecule has 2 rings (SSSR count). The summed E-state index contributed by atoms with van der Waals surface area (Å²) < 4.78 is 1.13. The standard InChI is InChI=1S/C16H23BrClN/c1-3-19-16(12-6-4-5-11(2)9-12)14-8-7-13(18)10-15(14)17/h7-8,10-12,16,19H,3-6,9H2,1-2H3. The second-order valence-corrected chi connectivity index (χ2v) is 7.02. The number of hydrogen-bond acceptors (Lipinski definition) is 1. The van der Waals surface area contributed by atoms with Crippen molar-refractivity contribution in [3.63, 3.8) is 0 Å². The van der Waals surface area contributed by atoms with Crippen LogP contribution >= 0.6 is 27.5 Å². The Morgan fingerprint density at radius 1 is 1.42 bits per heavy atom. The van der Waals surface area contributed by atoms with Gasteiger partial charge in [0.15, 0.2) is 0 Å². The minimum absolute atomic E-state index is 0.444. The molecule has 0 heterocycles. The van der Waals surface area contributed by atoms with Crippen LogP contribution in [0, 0.1) is 11.8 Å². The third-order valence-corrected chi connectivity index (χ3v) is 5.09. The van der Waals surface area contributed by atoms with Gasteiger partial charge in [0.2, 0.25) is 0 Å². The zero-order valence-electron chi connectivity index (χ0n) is 11.8. The first-order chi connectivity index (χ1) is 9.11. The van der Waals surface area contributed by atoms with E-state index in [0.29, 0.717) is 6.04 Å². The fourth-order valence-electron chi connectivity index (χ4n) is 3.29. The maximum absolute atomic E-state index is 6.06. The molecule has 1 saturated carbocycles. The SMILES string of the molecule is CCNC(c1ccc(Cl)cc1Br)C1CCCC(C)C1. The van der Waals surface area contributed by atoms with E-state index < -0.39 is 0 Å². The van der Waals surface area contributed by atoms with Crippen LogP contribution in [0.15, 0.2) is 22.7 Å². The molecule has 1 aromatic rings. The van der Waals surface area contributed by atoms with Crippen LogP contribution < -0.4 is 5.32 Å². The average Bonchev–Trinajstić information content (AvgIpc) is 2.37. The van der Waals surface area contributed by atoms with Crippen molar-refractivity contribution in [1.82, 2.24) is 5.32 Å². The Hall–Kier alpha value is -0.0500. The molecular weight excluding hydrogens is 322 g/mol. The van der Waals surface area contributed by atoms with E-state index in [2.05, 4.69) is 41.2 Å². The number of nitrogens with one attached hydrogen (secondary N) is 1. The first-order valence-electron chi connectivity index (χ1n) is 7.30. The Morgan fingerprint density at radius 3 is 2.84 bits per heavy atom. The monoisotopic (exact) mass is 343 g/mol. The molecule has 3 unspecified atom stereocenters. The van der Waals surface area contributed by atoms with E-state index in [-0.39, 0.29) is 0 Å². The van der Waals surface area contributed by atoms with Crippen molar-refractivity contribution >= 4 is 27.5 Å². The third kappa shape index (κ3) is 3.96. The number of halogens is 2. The van der Waals surface area contributed by atoms with Gasteiger partial charge >= 0.3 is 0 Å². The van der Waals surface area contributed by atoms with Gasteiger partial charge < -0.3 is 5.32 Å². The lowest BCUT2D eigenvalue weighted by Crippen LogP contribution is -2.31. The van der Waals surface area contributed by atoms with Gasteiger partial charge in [-0.3, -0.25) is 0 Å². The maximum Gasteiger partial charge on any atom is 0.0417 e. The molecule has 3 heteroatoms. The first-order valence-corrected chi connectivity index (χ1v) is 8.47. The smallest absolute Gasteiger partial charge is 0.0417 e. The molecule has 0 radical (unpaired) electrons. The topological polar surface area (TPSA) is 12.0 Å². The molecule has 0 amide bonds. The van der Waals surface area contributed by atoms with Crippen molar-refractivity contribution in [2.24, 2.45) is 11.8 Å². The molecule has 0 aliphatic heterocycles. The maximum atomic E-state index is 6.06. The van der Waals surface area contributed by atoms with E-state index in [4.69, 9.17) is 11.6 Å².